The summed E-state index contributed by atoms with van der Waals surface area (Å²) in [6, 6.07) is 0. The predicted molar refractivity (Wildman–Crippen MR) is 53.5 cm³/mol. The SMILES string of the molecule is CN(CC(=O)O)C(=N)N.O=S(=O)(O)O.[NaH]. The monoisotopic (exact) mass is 253 g/mol. The second-order valence-electron chi connectivity index (χ2n) is 2.08. The second-order valence-corrected chi connectivity index (χ2v) is 2.98. The molecular weight excluding hydrogens is 241 g/mol. The molecule has 6 N–H and O–H groups in total. The molecule has 0 atom stereocenters. The zero-order valence-electron chi connectivity index (χ0n) is 7.21. The Kier molecular flexibility index (Phi) is 11.9. The van der Waals surface area contributed by atoms with Crippen molar-refractivity contribution >= 4 is 51.9 Å². The fourth-order valence-corrected chi connectivity index (χ4v) is 0.288. The molecule has 0 unspecified atom stereocenters. The molecule has 0 aliphatic carbocycles. The van der Waals surface area contributed by atoms with Crippen LogP contribution in [0.15, 0.2) is 0 Å². The number of likely N-dealkylation sites (N-methyl/N-ethyl adjacent to an activating group) is 1. The van der Waals surface area contributed by atoms with Crippen molar-refractivity contribution in [1.29, 1.82) is 5.41 Å². The summed E-state index contributed by atoms with van der Waals surface area (Å²) in [4.78, 5) is 11.0. The average molecular weight is 253 g/mol. The number of rotatable bonds is 2. The van der Waals surface area contributed by atoms with Gasteiger partial charge in [0.15, 0.2) is 5.96 Å². The van der Waals surface area contributed by atoms with Gasteiger partial charge in [0.05, 0.1) is 0 Å². The molecule has 0 bridgehead atoms. The summed E-state index contributed by atoms with van der Waals surface area (Å²) in [6.07, 6.45) is 0. The molecule has 0 saturated carbocycles. The Labute approximate surface area is 109 Å². The molecule has 0 radical (unpaired) electrons. The fraction of sp³-hybridized carbons (Fsp3) is 0.500. The molecular formula is C4H12N3NaO6S. The van der Waals surface area contributed by atoms with Crippen molar-refractivity contribution in [3.8, 4) is 0 Å². The van der Waals surface area contributed by atoms with Crippen LogP contribution in [0, 0.1) is 5.41 Å². The molecule has 0 aliphatic heterocycles. The van der Waals surface area contributed by atoms with Crippen LogP contribution in [0.25, 0.3) is 0 Å². The minimum absolute atomic E-state index is 0. The number of guanidine groups is 1. The number of carboxylic acids is 1. The Hall–Kier alpha value is -0.390. The van der Waals surface area contributed by atoms with Gasteiger partial charge < -0.3 is 15.7 Å². The molecule has 0 heterocycles. The minimum atomic E-state index is -4.67. The molecule has 0 spiro atoms. The summed E-state index contributed by atoms with van der Waals surface area (Å²) in [5.41, 5.74) is 4.93. The van der Waals surface area contributed by atoms with Gasteiger partial charge >= 0.3 is 45.9 Å². The van der Waals surface area contributed by atoms with Gasteiger partial charge in [-0.05, 0) is 0 Å². The molecule has 9 nitrogen and oxygen atoms in total. The van der Waals surface area contributed by atoms with Gasteiger partial charge in [-0.25, -0.2) is 0 Å². The van der Waals surface area contributed by atoms with E-state index in [1.807, 2.05) is 0 Å². The molecule has 0 amide bonds. The van der Waals surface area contributed by atoms with Gasteiger partial charge in [0.2, 0.25) is 0 Å². The zero-order valence-corrected chi connectivity index (χ0v) is 8.02. The third-order valence-corrected chi connectivity index (χ3v) is 0.784. The van der Waals surface area contributed by atoms with E-state index in [0.717, 1.165) is 4.90 Å². The van der Waals surface area contributed by atoms with Gasteiger partial charge in [0.25, 0.3) is 0 Å². The van der Waals surface area contributed by atoms with Crippen LogP contribution >= 0.6 is 0 Å². The van der Waals surface area contributed by atoms with Crippen molar-refractivity contribution in [3.63, 3.8) is 0 Å². The van der Waals surface area contributed by atoms with E-state index in [1.54, 1.807) is 0 Å². The van der Waals surface area contributed by atoms with Crippen molar-refractivity contribution in [3.05, 3.63) is 0 Å². The number of nitrogens with two attached hydrogens (primary N) is 1. The van der Waals surface area contributed by atoms with Crippen LogP contribution in [0.1, 0.15) is 0 Å². The third-order valence-electron chi connectivity index (χ3n) is 0.784. The normalized spacial score (nSPS) is 9.00. The Morgan fingerprint density at radius 1 is 1.47 bits per heavy atom. The van der Waals surface area contributed by atoms with E-state index in [1.165, 1.54) is 7.05 Å². The van der Waals surface area contributed by atoms with Gasteiger partial charge in [-0.3, -0.25) is 19.3 Å². The standard InChI is InChI=1S/C4H9N3O2.Na.H2O4S.H/c1-7(4(5)6)2-3(8)9;;1-5(2,3)4;/h2H2,1H3,(H3,5,6)(H,8,9);;(H2,1,2,3,4);. The van der Waals surface area contributed by atoms with E-state index in [0.29, 0.717) is 0 Å². The summed E-state index contributed by atoms with van der Waals surface area (Å²) in [5, 5.41) is 14.9. The van der Waals surface area contributed by atoms with Crippen molar-refractivity contribution in [1.82, 2.24) is 4.90 Å². The summed E-state index contributed by atoms with van der Waals surface area (Å²) in [7, 11) is -3.23. The van der Waals surface area contributed by atoms with Gasteiger partial charge in [-0.1, -0.05) is 0 Å². The first-order valence-electron chi connectivity index (χ1n) is 3.01. The molecule has 0 saturated heterocycles. The van der Waals surface area contributed by atoms with E-state index in [4.69, 9.17) is 33.8 Å². The Morgan fingerprint density at radius 3 is 1.80 bits per heavy atom. The molecule has 0 fully saturated rings. The third kappa shape index (κ3) is 31.7. The number of carboxylic acid groups (broad SMARTS) is 1. The molecule has 11 heteroatoms. The van der Waals surface area contributed by atoms with Crippen molar-refractivity contribution in [2.45, 2.75) is 0 Å². The van der Waals surface area contributed by atoms with E-state index in [2.05, 4.69) is 0 Å². The van der Waals surface area contributed by atoms with Crippen LogP contribution in [0.5, 0.6) is 0 Å². The van der Waals surface area contributed by atoms with Crippen LogP contribution in [0.2, 0.25) is 0 Å². The number of nitrogens with one attached hydrogen (secondary N) is 1. The van der Waals surface area contributed by atoms with Crippen molar-refractivity contribution < 1.29 is 27.4 Å². The molecule has 0 rings (SSSR count). The number of carbonyl (C=O) groups is 1. The molecule has 0 aromatic carbocycles. The Bertz CT molecular complexity index is 295. The van der Waals surface area contributed by atoms with Crippen LogP contribution in [0.3, 0.4) is 0 Å². The fourth-order valence-electron chi connectivity index (χ4n) is 0.288. The summed E-state index contributed by atoms with van der Waals surface area (Å²) >= 11 is 0. The predicted octanol–water partition coefficient (Wildman–Crippen LogP) is -2.41. The maximum absolute atomic E-state index is 9.92. The van der Waals surface area contributed by atoms with Gasteiger partial charge in [0, 0.05) is 7.05 Å². The van der Waals surface area contributed by atoms with Crippen LogP contribution in [0.4, 0.5) is 0 Å². The zero-order chi connectivity index (χ0) is 11.9. The Morgan fingerprint density at radius 2 is 1.73 bits per heavy atom. The van der Waals surface area contributed by atoms with Gasteiger partial charge in [-0.15, -0.1) is 0 Å². The van der Waals surface area contributed by atoms with E-state index >= 15 is 0 Å². The van der Waals surface area contributed by atoms with E-state index in [9.17, 15) is 4.79 Å². The first-order chi connectivity index (χ1) is 6.04. The van der Waals surface area contributed by atoms with E-state index < -0.39 is 16.4 Å². The van der Waals surface area contributed by atoms with E-state index in [-0.39, 0.29) is 42.1 Å². The maximum atomic E-state index is 9.92. The topological polar surface area (TPSA) is 165 Å². The first kappa shape index (κ1) is 20.1. The van der Waals surface area contributed by atoms with Crippen LogP contribution in [-0.4, -0.2) is 82.6 Å². The molecule has 0 aromatic rings. The first-order valence-corrected chi connectivity index (χ1v) is 4.40. The number of aliphatic carboxylic acids is 1. The van der Waals surface area contributed by atoms with Crippen molar-refractivity contribution in [2.75, 3.05) is 13.6 Å². The number of hydrogen-bond donors (Lipinski definition) is 5. The molecule has 0 aromatic heterocycles. The molecule has 86 valence electrons. The summed E-state index contributed by atoms with van der Waals surface area (Å²) < 4.78 is 31.6. The molecule has 0 aliphatic rings. The molecule has 15 heavy (non-hydrogen) atoms. The van der Waals surface area contributed by atoms with Gasteiger partial charge in [-0.2, -0.15) is 8.42 Å². The summed E-state index contributed by atoms with van der Waals surface area (Å²) in [6.45, 7) is -0.227. The average Bonchev–Trinajstić information content (AvgIpc) is 1.80. The number of nitrogens with zero attached hydrogens (tertiary/aromatic N) is 1. The van der Waals surface area contributed by atoms with Crippen molar-refractivity contribution in [2.24, 2.45) is 5.73 Å². The van der Waals surface area contributed by atoms with Crippen LogP contribution < -0.4 is 5.73 Å². The second kappa shape index (κ2) is 8.88. The van der Waals surface area contributed by atoms with Crippen LogP contribution in [-0.2, 0) is 15.2 Å². The quantitative estimate of drug-likeness (QED) is 0.157. The Balaban J connectivity index is -0.000000208. The van der Waals surface area contributed by atoms with Gasteiger partial charge in [0.1, 0.15) is 6.54 Å². The summed E-state index contributed by atoms with van der Waals surface area (Å²) in [5.74, 6) is -1.23. The number of hydrogen-bond acceptors (Lipinski definition) is 4.